The molecule has 130 valence electrons. The Hall–Kier alpha value is -3.17. The summed E-state index contributed by atoms with van der Waals surface area (Å²) in [5, 5.41) is 20.4. The van der Waals surface area contributed by atoms with E-state index in [0.717, 1.165) is 0 Å². The Morgan fingerprint density at radius 1 is 1.00 bits per heavy atom. The molecule has 1 aromatic carbocycles. The monoisotopic (exact) mass is 389 g/mol. The van der Waals surface area contributed by atoms with Crippen LogP contribution in [-0.2, 0) is 0 Å². The van der Waals surface area contributed by atoms with Gasteiger partial charge in [-0.15, -0.1) is 0 Å². The van der Waals surface area contributed by atoms with Crippen LogP contribution in [0.2, 0.25) is 10.0 Å². The zero-order valence-corrected chi connectivity index (χ0v) is 14.3. The largest absolute Gasteiger partial charge is 0.321 e. The van der Waals surface area contributed by atoms with Crippen LogP contribution in [0, 0.1) is 0 Å². The summed E-state index contributed by atoms with van der Waals surface area (Å²) in [6.07, 6.45) is 4.21. The van der Waals surface area contributed by atoms with Crippen LogP contribution in [0.15, 0.2) is 36.8 Å². The number of halogens is 2. The van der Waals surface area contributed by atoms with Crippen LogP contribution in [-0.4, -0.2) is 42.0 Å². The number of H-pyrrole nitrogens is 2. The van der Waals surface area contributed by atoms with Crippen LogP contribution in [0.1, 0.15) is 21.0 Å². The average Bonchev–Trinajstić information content (AvgIpc) is 3.33. The van der Waals surface area contributed by atoms with Crippen molar-refractivity contribution in [1.29, 1.82) is 0 Å². The van der Waals surface area contributed by atoms with E-state index in [1.807, 2.05) is 0 Å². The molecular weight excluding hydrogens is 381 g/mol. The Morgan fingerprint density at radius 2 is 1.69 bits per heavy atom. The van der Waals surface area contributed by atoms with Crippen LogP contribution >= 0.6 is 23.2 Å². The normalized spacial score (nSPS) is 11.0. The molecule has 3 N–H and O–H groups in total. The molecule has 1 amide bonds. The van der Waals surface area contributed by atoms with Gasteiger partial charge in [0.15, 0.2) is 0 Å². The number of hydrogen-bond acceptors (Lipinski definition) is 5. The van der Waals surface area contributed by atoms with Crippen molar-refractivity contribution in [3.8, 4) is 0 Å². The van der Waals surface area contributed by atoms with Crippen molar-refractivity contribution in [3.05, 3.63) is 58.2 Å². The summed E-state index contributed by atoms with van der Waals surface area (Å²) in [5.74, 6) is -0.927. The third-order valence-electron chi connectivity index (χ3n) is 3.65. The minimum absolute atomic E-state index is 0.121. The van der Waals surface area contributed by atoms with E-state index in [9.17, 15) is 9.59 Å². The van der Waals surface area contributed by atoms with Crippen molar-refractivity contribution >= 4 is 51.6 Å². The van der Waals surface area contributed by atoms with Gasteiger partial charge in [0.2, 0.25) is 0 Å². The molecular formula is C15H9Cl2N7O2. The number of nitrogens with one attached hydrogen (secondary N) is 3. The van der Waals surface area contributed by atoms with Gasteiger partial charge in [-0.25, -0.2) is 0 Å². The number of carbonyl (C=O) groups excluding carboxylic acids is 2. The third-order valence-corrected chi connectivity index (χ3v) is 4.22. The highest BCUT2D eigenvalue weighted by atomic mass is 35.5. The maximum atomic E-state index is 12.6. The molecule has 9 nitrogen and oxygen atoms in total. The number of fused-ring (bicyclic) bond motifs is 1. The predicted molar refractivity (Wildman–Crippen MR) is 94.6 cm³/mol. The standard InChI is InChI=1S/C15H9Cl2N7O2/c16-9-5-18-22-12(9)14(25)21-8-2-1-7-4-20-24(11(7)3-8)15(26)13-10(17)6-19-23-13/h1-6H,(H,18,22)(H,19,23)(H,21,25). The summed E-state index contributed by atoms with van der Waals surface area (Å²) in [6, 6.07) is 5.03. The maximum absolute atomic E-state index is 12.6. The molecule has 0 atom stereocenters. The number of hydrogen-bond donors (Lipinski definition) is 3. The SMILES string of the molecule is O=C(Nc1ccc2cnn(C(=O)c3[nH]ncc3Cl)c2c1)c1[nH]ncc1Cl. The van der Waals surface area contributed by atoms with Gasteiger partial charge >= 0.3 is 0 Å². The Kier molecular flexibility index (Phi) is 3.94. The summed E-state index contributed by atoms with van der Waals surface area (Å²) < 4.78 is 1.17. The first kappa shape index (κ1) is 16.3. The van der Waals surface area contributed by atoms with Gasteiger partial charge in [-0.2, -0.15) is 20.0 Å². The van der Waals surface area contributed by atoms with Crippen molar-refractivity contribution < 1.29 is 9.59 Å². The molecule has 0 unspecified atom stereocenters. The van der Waals surface area contributed by atoms with Crippen molar-refractivity contribution in [2.75, 3.05) is 5.32 Å². The first-order valence-corrected chi connectivity index (χ1v) is 8.02. The molecule has 3 heterocycles. The average molecular weight is 390 g/mol. The van der Waals surface area contributed by atoms with Crippen molar-refractivity contribution in [1.82, 2.24) is 30.2 Å². The molecule has 4 aromatic rings. The van der Waals surface area contributed by atoms with Crippen LogP contribution in [0.25, 0.3) is 10.9 Å². The van der Waals surface area contributed by atoms with Crippen LogP contribution in [0.4, 0.5) is 5.69 Å². The first-order valence-electron chi connectivity index (χ1n) is 7.26. The quantitative estimate of drug-likeness (QED) is 0.497. The second-order valence-electron chi connectivity index (χ2n) is 5.28. The van der Waals surface area contributed by atoms with E-state index in [2.05, 4.69) is 30.8 Å². The van der Waals surface area contributed by atoms with Gasteiger partial charge in [-0.3, -0.25) is 19.8 Å². The number of aromatic amines is 2. The molecule has 0 aliphatic rings. The molecule has 0 radical (unpaired) electrons. The zero-order valence-electron chi connectivity index (χ0n) is 12.8. The number of carbonyl (C=O) groups is 2. The Balaban J connectivity index is 1.69. The number of rotatable bonds is 3. The lowest BCUT2D eigenvalue weighted by molar-refractivity contribution is 0.0945. The molecule has 0 aliphatic carbocycles. The zero-order chi connectivity index (χ0) is 18.3. The molecule has 0 saturated carbocycles. The highest BCUT2D eigenvalue weighted by molar-refractivity contribution is 6.34. The number of aromatic nitrogens is 6. The fourth-order valence-electron chi connectivity index (χ4n) is 2.41. The van der Waals surface area contributed by atoms with Crippen molar-refractivity contribution in [2.45, 2.75) is 0 Å². The van der Waals surface area contributed by atoms with Crippen molar-refractivity contribution in [2.24, 2.45) is 0 Å². The van der Waals surface area contributed by atoms with Crippen LogP contribution in [0.5, 0.6) is 0 Å². The summed E-state index contributed by atoms with van der Waals surface area (Å²) in [7, 11) is 0. The first-order chi connectivity index (χ1) is 12.5. The van der Waals surface area contributed by atoms with Gasteiger partial charge in [-0.1, -0.05) is 23.2 Å². The molecule has 11 heteroatoms. The van der Waals surface area contributed by atoms with Gasteiger partial charge < -0.3 is 5.32 Å². The lowest BCUT2D eigenvalue weighted by Crippen LogP contribution is -2.15. The lowest BCUT2D eigenvalue weighted by Gasteiger charge is -2.06. The van der Waals surface area contributed by atoms with Gasteiger partial charge in [0.1, 0.15) is 11.4 Å². The van der Waals surface area contributed by atoms with E-state index >= 15 is 0 Å². The molecule has 26 heavy (non-hydrogen) atoms. The second kappa shape index (κ2) is 6.28. The maximum Gasteiger partial charge on any atom is 0.298 e. The molecule has 0 spiro atoms. The molecule has 0 saturated heterocycles. The summed E-state index contributed by atoms with van der Waals surface area (Å²) in [5.41, 5.74) is 1.21. The minimum atomic E-state index is -0.470. The second-order valence-corrected chi connectivity index (χ2v) is 6.09. The molecule has 0 fully saturated rings. The summed E-state index contributed by atoms with van der Waals surface area (Å²) in [4.78, 5) is 24.8. The number of anilines is 1. The number of benzene rings is 1. The van der Waals surface area contributed by atoms with E-state index in [4.69, 9.17) is 23.2 Å². The van der Waals surface area contributed by atoms with Gasteiger partial charge in [0.25, 0.3) is 11.8 Å². The van der Waals surface area contributed by atoms with E-state index < -0.39 is 11.8 Å². The van der Waals surface area contributed by atoms with E-state index in [0.29, 0.717) is 16.6 Å². The topological polar surface area (TPSA) is 121 Å². The van der Waals surface area contributed by atoms with Gasteiger partial charge in [0, 0.05) is 11.1 Å². The third kappa shape index (κ3) is 2.72. The molecule has 0 bridgehead atoms. The fourth-order valence-corrected chi connectivity index (χ4v) is 2.76. The van der Waals surface area contributed by atoms with E-state index in [1.165, 1.54) is 23.3 Å². The highest BCUT2D eigenvalue weighted by Crippen LogP contribution is 2.22. The smallest absolute Gasteiger partial charge is 0.298 e. The van der Waals surface area contributed by atoms with E-state index in [-0.39, 0.29) is 21.4 Å². The van der Waals surface area contributed by atoms with Crippen molar-refractivity contribution in [3.63, 3.8) is 0 Å². The fraction of sp³-hybridized carbons (Fsp3) is 0. The minimum Gasteiger partial charge on any atom is -0.321 e. The Morgan fingerprint density at radius 3 is 2.35 bits per heavy atom. The Labute approximate surface area is 155 Å². The highest BCUT2D eigenvalue weighted by Gasteiger charge is 2.19. The molecule has 4 rings (SSSR count). The van der Waals surface area contributed by atoms with Crippen LogP contribution < -0.4 is 5.32 Å². The molecule has 3 aromatic heterocycles. The van der Waals surface area contributed by atoms with Crippen LogP contribution in [0.3, 0.4) is 0 Å². The Bertz CT molecular complexity index is 1140. The van der Waals surface area contributed by atoms with Gasteiger partial charge in [-0.05, 0) is 18.2 Å². The summed E-state index contributed by atoms with van der Waals surface area (Å²) >= 11 is 11.8. The summed E-state index contributed by atoms with van der Waals surface area (Å²) in [6.45, 7) is 0. The number of amides is 1. The lowest BCUT2D eigenvalue weighted by atomic mass is 10.2. The predicted octanol–water partition coefficient (Wildman–Crippen LogP) is 2.73. The van der Waals surface area contributed by atoms with Gasteiger partial charge in [0.05, 0.1) is 34.2 Å². The number of nitrogens with zero attached hydrogens (tertiary/aromatic N) is 4. The van der Waals surface area contributed by atoms with E-state index in [1.54, 1.807) is 18.2 Å². The molecule has 0 aliphatic heterocycles.